The van der Waals surface area contributed by atoms with Gasteiger partial charge in [0, 0.05) is 35.3 Å². The summed E-state index contributed by atoms with van der Waals surface area (Å²) in [6.07, 6.45) is 3.43. The van der Waals surface area contributed by atoms with Crippen molar-refractivity contribution in [2.75, 3.05) is 18.0 Å². The maximum Gasteiger partial charge on any atom is 0.293 e. The fourth-order valence-corrected chi connectivity index (χ4v) is 3.96. The molecule has 9 heteroatoms. The van der Waals surface area contributed by atoms with Gasteiger partial charge in [0.05, 0.1) is 16.7 Å². The van der Waals surface area contributed by atoms with E-state index in [0.29, 0.717) is 27.6 Å². The molecule has 0 saturated carbocycles. The Hall–Kier alpha value is -3.91. The largest absolute Gasteiger partial charge is 0.488 e. The highest BCUT2D eigenvalue weighted by Crippen LogP contribution is 2.31. The van der Waals surface area contributed by atoms with Crippen LogP contribution in [0.25, 0.3) is 0 Å². The Kier molecular flexibility index (Phi) is 7.39. The summed E-state index contributed by atoms with van der Waals surface area (Å²) in [6, 6.07) is 19.1. The lowest BCUT2D eigenvalue weighted by molar-refractivity contribution is -0.384. The number of nitro benzene ring substituents is 1. The van der Waals surface area contributed by atoms with Gasteiger partial charge in [-0.15, -0.1) is 0 Å². The van der Waals surface area contributed by atoms with Crippen LogP contribution in [0.4, 0.5) is 11.4 Å². The minimum Gasteiger partial charge on any atom is -0.488 e. The second-order valence-electron chi connectivity index (χ2n) is 7.77. The van der Waals surface area contributed by atoms with E-state index in [2.05, 4.69) is 10.5 Å². The molecule has 0 radical (unpaired) electrons. The van der Waals surface area contributed by atoms with E-state index in [1.54, 1.807) is 42.5 Å². The average Bonchev–Trinajstić information content (AvgIpc) is 3.38. The van der Waals surface area contributed by atoms with Crippen molar-refractivity contribution in [3.63, 3.8) is 0 Å². The van der Waals surface area contributed by atoms with Crippen molar-refractivity contribution in [3.8, 4) is 5.75 Å². The normalized spacial score (nSPS) is 13.3. The Morgan fingerprint density at radius 1 is 1.12 bits per heavy atom. The van der Waals surface area contributed by atoms with Crippen LogP contribution in [0.2, 0.25) is 5.02 Å². The molecule has 1 aliphatic heterocycles. The molecule has 1 heterocycles. The van der Waals surface area contributed by atoms with Crippen LogP contribution in [-0.4, -0.2) is 30.1 Å². The smallest absolute Gasteiger partial charge is 0.293 e. The van der Waals surface area contributed by atoms with E-state index in [-0.39, 0.29) is 12.3 Å². The molecule has 0 spiro atoms. The molecule has 0 atom stereocenters. The molecule has 0 aliphatic carbocycles. The first kappa shape index (κ1) is 23.3. The number of amides is 1. The van der Waals surface area contributed by atoms with E-state index in [4.69, 9.17) is 16.3 Å². The minimum atomic E-state index is -0.464. The Balaban J connectivity index is 1.44. The van der Waals surface area contributed by atoms with Crippen LogP contribution in [0, 0.1) is 10.1 Å². The third-order valence-electron chi connectivity index (χ3n) is 5.50. The van der Waals surface area contributed by atoms with E-state index in [9.17, 15) is 14.9 Å². The van der Waals surface area contributed by atoms with Gasteiger partial charge in [0.2, 0.25) is 0 Å². The molecule has 8 nitrogen and oxygen atoms in total. The van der Waals surface area contributed by atoms with Gasteiger partial charge in [-0.05, 0) is 37.1 Å². The van der Waals surface area contributed by atoms with Crippen LogP contribution in [0.15, 0.2) is 71.8 Å². The first-order valence-corrected chi connectivity index (χ1v) is 11.2. The van der Waals surface area contributed by atoms with Gasteiger partial charge >= 0.3 is 0 Å². The predicted molar refractivity (Wildman–Crippen MR) is 132 cm³/mol. The number of benzene rings is 3. The summed E-state index contributed by atoms with van der Waals surface area (Å²) in [7, 11) is 0. The lowest BCUT2D eigenvalue weighted by Crippen LogP contribution is -2.19. The van der Waals surface area contributed by atoms with E-state index in [0.717, 1.165) is 31.5 Å². The van der Waals surface area contributed by atoms with Gasteiger partial charge < -0.3 is 9.64 Å². The fourth-order valence-electron chi connectivity index (χ4n) is 3.77. The third-order valence-corrected chi connectivity index (χ3v) is 5.86. The van der Waals surface area contributed by atoms with Crippen molar-refractivity contribution < 1.29 is 14.5 Å². The summed E-state index contributed by atoms with van der Waals surface area (Å²) in [4.78, 5) is 25.9. The second kappa shape index (κ2) is 10.8. The number of carbonyl (C=O) groups is 1. The van der Waals surface area contributed by atoms with Gasteiger partial charge in [-0.2, -0.15) is 5.10 Å². The van der Waals surface area contributed by atoms with Crippen molar-refractivity contribution in [1.82, 2.24) is 5.43 Å². The van der Waals surface area contributed by atoms with Crippen molar-refractivity contribution in [3.05, 3.63) is 98.6 Å². The molecular weight excluding hydrogens is 456 g/mol. The first-order chi connectivity index (χ1) is 16.5. The van der Waals surface area contributed by atoms with Crippen LogP contribution in [0.5, 0.6) is 5.75 Å². The summed E-state index contributed by atoms with van der Waals surface area (Å²) in [6.45, 7) is 1.82. The number of hydrogen-bond acceptors (Lipinski definition) is 6. The monoisotopic (exact) mass is 478 g/mol. The molecule has 0 aromatic heterocycles. The zero-order valence-electron chi connectivity index (χ0n) is 18.3. The molecule has 1 fully saturated rings. The highest BCUT2D eigenvalue weighted by molar-refractivity contribution is 6.31. The van der Waals surface area contributed by atoms with Crippen molar-refractivity contribution in [1.29, 1.82) is 0 Å². The van der Waals surface area contributed by atoms with Crippen LogP contribution in [0.1, 0.15) is 34.3 Å². The molecule has 174 valence electrons. The number of anilines is 1. The topological polar surface area (TPSA) is 97.1 Å². The number of rotatable bonds is 8. The van der Waals surface area contributed by atoms with Crippen LogP contribution in [0.3, 0.4) is 0 Å². The quantitative estimate of drug-likeness (QED) is 0.273. The zero-order chi connectivity index (χ0) is 23.9. The number of halogens is 1. The summed E-state index contributed by atoms with van der Waals surface area (Å²) in [5.41, 5.74) is 4.71. The third kappa shape index (κ3) is 5.52. The zero-order valence-corrected chi connectivity index (χ0v) is 19.1. The van der Waals surface area contributed by atoms with Crippen molar-refractivity contribution in [2.24, 2.45) is 5.10 Å². The summed E-state index contributed by atoms with van der Waals surface area (Å²) in [5.74, 6) is -0.0741. The Labute approximate surface area is 202 Å². The molecule has 0 unspecified atom stereocenters. The van der Waals surface area contributed by atoms with E-state index in [1.807, 2.05) is 23.1 Å². The first-order valence-electron chi connectivity index (χ1n) is 10.8. The SMILES string of the molecule is O=C(N/N=C/c1ccc(N2CCCC2)c([N+](=O)[O-])c1)c1ccccc1OCc1ccccc1Cl. The van der Waals surface area contributed by atoms with Gasteiger partial charge in [0.15, 0.2) is 0 Å². The number of nitrogens with zero attached hydrogens (tertiary/aromatic N) is 3. The lowest BCUT2D eigenvalue weighted by atomic mass is 10.1. The van der Waals surface area contributed by atoms with E-state index < -0.39 is 10.8 Å². The molecule has 4 rings (SSSR count). The maximum absolute atomic E-state index is 12.7. The number of carbonyl (C=O) groups excluding carboxylic acids is 1. The van der Waals surface area contributed by atoms with E-state index >= 15 is 0 Å². The molecule has 0 bridgehead atoms. The summed E-state index contributed by atoms with van der Waals surface area (Å²) < 4.78 is 5.82. The minimum absolute atomic E-state index is 0.0236. The summed E-state index contributed by atoms with van der Waals surface area (Å²) >= 11 is 6.17. The van der Waals surface area contributed by atoms with Gasteiger partial charge in [0.1, 0.15) is 18.0 Å². The van der Waals surface area contributed by atoms with Gasteiger partial charge in [-0.1, -0.05) is 48.0 Å². The number of para-hydroxylation sites is 1. The number of ether oxygens (including phenoxy) is 1. The van der Waals surface area contributed by atoms with E-state index in [1.165, 1.54) is 12.3 Å². The molecule has 34 heavy (non-hydrogen) atoms. The maximum atomic E-state index is 12.7. The standard InChI is InChI=1S/C25H23ClN4O4/c26-21-9-3-1-7-19(21)17-34-24-10-4-2-8-20(24)25(31)28-27-16-18-11-12-22(23(15-18)30(32)33)29-13-5-6-14-29/h1-4,7-12,15-16H,5-6,13-14,17H2,(H,28,31)/b27-16+. The van der Waals surface area contributed by atoms with Crippen LogP contribution >= 0.6 is 11.6 Å². The Morgan fingerprint density at radius 2 is 1.85 bits per heavy atom. The van der Waals surface area contributed by atoms with Crippen molar-refractivity contribution >= 4 is 35.1 Å². The molecule has 1 saturated heterocycles. The van der Waals surface area contributed by atoms with Crippen LogP contribution in [-0.2, 0) is 6.61 Å². The molecule has 3 aromatic rings. The van der Waals surface area contributed by atoms with Gasteiger partial charge in [-0.3, -0.25) is 14.9 Å². The summed E-state index contributed by atoms with van der Waals surface area (Å²) in [5, 5.41) is 16.1. The number of hydrogen-bond donors (Lipinski definition) is 1. The molecule has 3 aromatic carbocycles. The predicted octanol–water partition coefficient (Wildman–Crippen LogP) is 5.19. The lowest BCUT2D eigenvalue weighted by Gasteiger charge is -2.17. The molecule has 1 aliphatic rings. The Bertz CT molecular complexity index is 1230. The molecular formula is C25H23ClN4O4. The highest BCUT2D eigenvalue weighted by atomic mass is 35.5. The number of nitro groups is 1. The highest BCUT2D eigenvalue weighted by Gasteiger charge is 2.22. The Morgan fingerprint density at radius 3 is 2.62 bits per heavy atom. The number of nitrogens with one attached hydrogen (secondary N) is 1. The number of hydrazone groups is 1. The second-order valence-corrected chi connectivity index (χ2v) is 8.18. The van der Waals surface area contributed by atoms with Gasteiger partial charge in [0.25, 0.3) is 11.6 Å². The van der Waals surface area contributed by atoms with Crippen molar-refractivity contribution in [2.45, 2.75) is 19.4 Å². The average molecular weight is 479 g/mol. The fraction of sp³-hybridized carbons (Fsp3) is 0.200. The molecule has 1 amide bonds. The molecule has 1 N–H and O–H groups in total. The van der Waals surface area contributed by atoms with Gasteiger partial charge in [-0.25, -0.2) is 5.43 Å². The van der Waals surface area contributed by atoms with Crippen LogP contribution < -0.4 is 15.1 Å².